The van der Waals surface area contributed by atoms with E-state index < -0.39 is 0 Å². The first-order valence-electron chi connectivity index (χ1n) is 6.26. The molecule has 0 bridgehead atoms. The van der Waals surface area contributed by atoms with Gasteiger partial charge in [0.25, 0.3) is 0 Å². The van der Waals surface area contributed by atoms with Gasteiger partial charge in [-0.25, -0.2) is 0 Å². The van der Waals surface area contributed by atoms with Crippen molar-refractivity contribution in [2.75, 3.05) is 0 Å². The number of rotatable bonds is 1. The van der Waals surface area contributed by atoms with Gasteiger partial charge < -0.3 is 0 Å². The average Bonchev–Trinajstić information content (AvgIpc) is 2.64. The van der Waals surface area contributed by atoms with Gasteiger partial charge in [0.2, 0.25) is 0 Å². The molecule has 2 nitrogen and oxygen atoms in total. The largest absolute Gasteiger partial charge is 0.262 e. The molecule has 0 radical (unpaired) electrons. The second-order valence-electron chi connectivity index (χ2n) is 6.00. The molecule has 1 saturated carbocycles. The molecule has 2 aliphatic heterocycles. The van der Waals surface area contributed by atoms with E-state index in [-0.39, 0.29) is 11.0 Å². The molecule has 0 aromatic carbocycles. The van der Waals surface area contributed by atoms with Gasteiger partial charge in [-0.3, -0.25) is 5.01 Å². The lowest BCUT2D eigenvalue weighted by molar-refractivity contribution is 0.141. The lowest BCUT2D eigenvalue weighted by Gasteiger charge is -2.42. The molecule has 0 spiro atoms. The van der Waals surface area contributed by atoms with Gasteiger partial charge in [-0.15, -0.1) is 0 Å². The summed E-state index contributed by atoms with van der Waals surface area (Å²) in [7, 11) is 0. The summed E-state index contributed by atoms with van der Waals surface area (Å²) in [5, 5.41) is 6.99. The second-order valence-corrected chi connectivity index (χ2v) is 6.00. The Bertz CT molecular complexity index is 430. The highest BCUT2D eigenvalue weighted by Crippen LogP contribution is 2.58. The zero-order valence-electron chi connectivity index (χ0n) is 10.6. The summed E-state index contributed by atoms with van der Waals surface area (Å²) in [6.45, 7) is 9.13. The summed E-state index contributed by atoms with van der Waals surface area (Å²) in [6, 6.07) is 0. The molecule has 1 aliphatic carbocycles. The van der Waals surface area contributed by atoms with E-state index in [1.165, 1.54) is 18.6 Å². The number of hydrogen-bond donors (Lipinski definition) is 0. The van der Waals surface area contributed by atoms with Crippen LogP contribution in [-0.4, -0.2) is 16.3 Å². The molecule has 0 N–H and O–H groups in total. The number of nitrogens with zero attached hydrogens (tertiary/aromatic N) is 2. The van der Waals surface area contributed by atoms with E-state index in [4.69, 9.17) is 5.10 Å². The molecular formula is C14H20N2. The Morgan fingerprint density at radius 1 is 1.38 bits per heavy atom. The second kappa shape index (κ2) is 2.79. The Labute approximate surface area is 97.7 Å². The van der Waals surface area contributed by atoms with Gasteiger partial charge in [0.05, 0.1) is 11.3 Å². The Morgan fingerprint density at radius 2 is 2.12 bits per heavy atom. The Morgan fingerprint density at radius 3 is 2.81 bits per heavy atom. The highest BCUT2D eigenvalue weighted by Gasteiger charge is 2.57. The smallest absolute Gasteiger partial charge is 0.0899 e. The first kappa shape index (κ1) is 10.1. The topological polar surface area (TPSA) is 15.6 Å². The van der Waals surface area contributed by atoms with Crippen LogP contribution >= 0.6 is 0 Å². The van der Waals surface area contributed by atoms with E-state index in [1.54, 1.807) is 5.57 Å². The standard InChI is InChI=1S/C14H20N2/c1-10(2)12-9-11-5-6-13(3)7-8-16(15-12)14(11,13)4/h7-10H,5-6H2,1-4H3. The zero-order chi connectivity index (χ0) is 11.6. The Kier molecular flexibility index (Phi) is 1.77. The van der Waals surface area contributed by atoms with Crippen LogP contribution in [0.5, 0.6) is 0 Å². The number of allylic oxidation sites excluding steroid dienone is 1. The van der Waals surface area contributed by atoms with E-state index in [0.29, 0.717) is 5.92 Å². The third-order valence-corrected chi connectivity index (χ3v) is 4.83. The highest BCUT2D eigenvalue weighted by atomic mass is 15.5. The maximum atomic E-state index is 4.79. The van der Waals surface area contributed by atoms with E-state index in [0.717, 1.165) is 0 Å². The maximum absolute atomic E-state index is 4.79. The van der Waals surface area contributed by atoms with E-state index in [2.05, 4.69) is 51.1 Å². The van der Waals surface area contributed by atoms with Crippen LogP contribution in [0.2, 0.25) is 0 Å². The molecule has 0 saturated heterocycles. The van der Waals surface area contributed by atoms with Crippen molar-refractivity contribution in [1.29, 1.82) is 0 Å². The van der Waals surface area contributed by atoms with Crippen molar-refractivity contribution in [2.45, 2.75) is 46.1 Å². The number of hydrazone groups is 1. The van der Waals surface area contributed by atoms with Crippen LogP contribution in [0.3, 0.4) is 0 Å². The summed E-state index contributed by atoms with van der Waals surface area (Å²) in [6.07, 6.45) is 9.34. The predicted octanol–water partition coefficient (Wildman–Crippen LogP) is 3.33. The van der Waals surface area contributed by atoms with Gasteiger partial charge in [-0.05, 0) is 37.3 Å². The van der Waals surface area contributed by atoms with Crippen molar-refractivity contribution in [2.24, 2.45) is 16.4 Å². The fourth-order valence-electron chi connectivity index (χ4n) is 3.25. The van der Waals surface area contributed by atoms with Crippen molar-refractivity contribution in [3.05, 3.63) is 23.9 Å². The summed E-state index contributed by atoms with van der Waals surface area (Å²) in [5.74, 6) is 0.512. The SMILES string of the molecule is CC(C)C1=NN2C=CC3(C)CCC(=C1)C23C. The van der Waals surface area contributed by atoms with Crippen LogP contribution in [0.1, 0.15) is 40.5 Å². The van der Waals surface area contributed by atoms with Gasteiger partial charge in [-0.2, -0.15) is 5.10 Å². The van der Waals surface area contributed by atoms with Crippen molar-refractivity contribution >= 4 is 5.71 Å². The minimum absolute atomic E-state index is 0.116. The molecule has 0 amide bonds. The zero-order valence-corrected chi connectivity index (χ0v) is 10.6. The van der Waals surface area contributed by atoms with Gasteiger partial charge >= 0.3 is 0 Å². The first-order chi connectivity index (χ1) is 7.47. The monoisotopic (exact) mass is 216 g/mol. The Balaban J connectivity index is 2.12. The highest BCUT2D eigenvalue weighted by molar-refractivity contribution is 5.98. The minimum atomic E-state index is 0.116. The summed E-state index contributed by atoms with van der Waals surface area (Å²) < 4.78 is 0. The van der Waals surface area contributed by atoms with Gasteiger partial charge in [0, 0.05) is 11.6 Å². The fraction of sp³-hybridized carbons (Fsp3) is 0.643. The van der Waals surface area contributed by atoms with Crippen LogP contribution in [0.4, 0.5) is 0 Å². The molecular weight excluding hydrogens is 196 g/mol. The lowest BCUT2D eigenvalue weighted by Crippen LogP contribution is -2.48. The van der Waals surface area contributed by atoms with E-state index >= 15 is 0 Å². The van der Waals surface area contributed by atoms with E-state index in [9.17, 15) is 0 Å². The molecule has 2 heteroatoms. The van der Waals surface area contributed by atoms with Gasteiger partial charge in [0.15, 0.2) is 0 Å². The predicted molar refractivity (Wildman–Crippen MR) is 67.1 cm³/mol. The normalized spacial score (nSPS) is 40.2. The molecule has 86 valence electrons. The van der Waals surface area contributed by atoms with Crippen molar-refractivity contribution in [3.63, 3.8) is 0 Å². The lowest BCUT2D eigenvalue weighted by atomic mass is 9.74. The molecule has 16 heavy (non-hydrogen) atoms. The van der Waals surface area contributed by atoms with E-state index in [1.807, 2.05) is 0 Å². The third-order valence-electron chi connectivity index (χ3n) is 4.83. The van der Waals surface area contributed by atoms with Crippen LogP contribution < -0.4 is 0 Å². The van der Waals surface area contributed by atoms with Crippen LogP contribution in [0, 0.1) is 11.3 Å². The maximum Gasteiger partial charge on any atom is 0.0899 e. The summed E-state index contributed by atoms with van der Waals surface area (Å²) in [4.78, 5) is 0. The van der Waals surface area contributed by atoms with Crippen molar-refractivity contribution in [3.8, 4) is 0 Å². The molecule has 2 unspecified atom stereocenters. The number of hydrogen-bond acceptors (Lipinski definition) is 2. The van der Waals surface area contributed by atoms with Crippen LogP contribution in [0.15, 0.2) is 29.0 Å². The van der Waals surface area contributed by atoms with Gasteiger partial charge in [0.1, 0.15) is 0 Å². The Hall–Kier alpha value is -1.05. The molecule has 0 aromatic heterocycles. The van der Waals surface area contributed by atoms with Crippen molar-refractivity contribution < 1.29 is 0 Å². The van der Waals surface area contributed by atoms with Crippen LogP contribution in [-0.2, 0) is 0 Å². The minimum Gasteiger partial charge on any atom is -0.262 e. The quantitative estimate of drug-likeness (QED) is 0.656. The molecule has 0 aromatic rings. The first-order valence-corrected chi connectivity index (χ1v) is 6.26. The summed E-state index contributed by atoms with van der Waals surface area (Å²) >= 11 is 0. The molecule has 3 rings (SSSR count). The van der Waals surface area contributed by atoms with Gasteiger partial charge in [-0.1, -0.05) is 26.8 Å². The fourth-order valence-corrected chi connectivity index (χ4v) is 3.25. The summed E-state index contributed by atoms with van der Waals surface area (Å²) in [5.41, 5.74) is 3.19. The average molecular weight is 216 g/mol. The molecule has 3 aliphatic rings. The molecule has 1 fully saturated rings. The molecule has 2 heterocycles. The van der Waals surface area contributed by atoms with Crippen molar-refractivity contribution in [1.82, 2.24) is 5.01 Å². The van der Waals surface area contributed by atoms with Crippen LogP contribution in [0.25, 0.3) is 0 Å². The molecule has 2 atom stereocenters. The third kappa shape index (κ3) is 0.957.